The normalized spacial score (nSPS) is 9.93. The Labute approximate surface area is 84.1 Å². The van der Waals surface area contributed by atoms with Crippen molar-refractivity contribution < 1.29 is 9.53 Å². The Kier molecular flexibility index (Phi) is 3.63. The first-order chi connectivity index (χ1) is 6.63. The van der Waals surface area contributed by atoms with Gasteiger partial charge in [-0.1, -0.05) is 6.92 Å². The van der Waals surface area contributed by atoms with Crippen molar-refractivity contribution in [3.63, 3.8) is 0 Å². The first-order valence-corrected chi connectivity index (χ1v) is 4.76. The molecule has 1 heterocycles. The number of carbonyl (C=O) groups excluding carboxylic acids is 1. The highest BCUT2D eigenvalue weighted by Gasteiger charge is 2.07. The quantitative estimate of drug-likeness (QED) is 0.691. The third kappa shape index (κ3) is 2.83. The van der Waals surface area contributed by atoms with Crippen LogP contribution in [0.25, 0.3) is 0 Å². The lowest BCUT2D eigenvalue weighted by Gasteiger charge is -2.04. The van der Waals surface area contributed by atoms with Crippen molar-refractivity contribution in [1.82, 2.24) is 4.98 Å². The summed E-state index contributed by atoms with van der Waals surface area (Å²) in [5, 5.41) is 0. The Morgan fingerprint density at radius 3 is 2.43 bits per heavy atom. The summed E-state index contributed by atoms with van der Waals surface area (Å²) in [6.07, 6.45) is 0.842. The molecule has 0 aliphatic heterocycles. The van der Waals surface area contributed by atoms with Crippen LogP contribution in [0.15, 0.2) is 12.1 Å². The number of ether oxygens (including phenoxy) is 1. The van der Waals surface area contributed by atoms with E-state index >= 15 is 0 Å². The molecule has 3 heteroatoms. The van der Waals surface area contributed by atoms with Crippen molar-refractivity contribution in [2.45, 2.75) is 27.2 Å². The van der Waals surface area contributed by atoms with Gasteiger partial charge in [0.25, 0.3) is 0 Å². The maximum atomic E-state index is 11.5. The standard InChI is InChI=1S/C11H15NO2/c1-4-5-14-11(13)10-6-8(2)12-9(3)7-10/h6-7H,4-5H2,1-3H3. The number of pyridine rings is 1. The predicted molar refractivity (Wildman–Crippen MR) is 54.3 cm³/mol. The van der Waals surface area contributed by atoms with Gasteiger partial charge in [-0.15, -0.1) is 0 Å². The number of carbonyl (C=O) groups is 1. The molecule has 0 aromatic carbocycles. The van der Waals surface area contributed by atoms with Crippen molar-refractivity contribution >= 4 is 5.97 Å². The molecule has 0 N–H and O–H groups in total. The molecular weight excluding hydrogens is 178 g/mol. The lowest BCUT2D eigenvalue weighted by Crippen LogP contribution is -2.07. The molecule has 14 heavy (non-hydrogen) atoms. The summed E-state index contributed by atoms with van der Waals surface area (Å²) in [6.45, 7) is 6.17. The number of nitrogens with zero attached hydrogens (tertiary/aromatic N) is 1. The van der Waals surface area contributed by atoms with Crippen LogP contribution >= 0.6 is 0 Å². The summed E-state index contributed by atoms with van der Waals surface area (Å²) in [5.41, 5.74) is 2.27. The number of hydrogen-bond acceptors (Lipinski definition) is 3. The number of rotatable bonds is 3. The molecule has 76 valence electrons. The van der Waals surface area contributed by atoms with Gasteiger partial charge in [0.15, 0.2) is 0 Å². The van der Waals surface area contributed by atoms with Crippen LogP contribution < -0.4 is 0 Å². The number of esters is 1. The van der Waals surface area contributed by atoms with Gasteiger partial charge in [-0.25, -0.2) is 4.79 Å². The zero-order valence-corrected chi connectivity index (χ0v) is 8.83. The Morgan fingerprint density at radius 1 is 1.36 bits per heavy atom. The Bertz CT molecular complexity index is 314. The first-order valence-electron chi connectivity index (χ1n) is 4.76. The van der Waals surface area contributed by atoms with Gasteiger partial charge in [-0.2, -0.15) is 0 Å². The highest BCUT2D eigenvalue weighted by molar-refractivity contribution is 5.89. The molecule has 1 aromatic rings. The lowest BCUT2D eigenvalue weighted by molar-refractivity contribution is 0.0504. The molecule has 0 unspecified atom stereocenters. The van der Waals surface area contributed by atoms with Gasteiger partial charge in [0.2, 0.25) is 0 Å². The van der Waals surface area contributed by atoms with Crippen LogP contribution in [0.5, 0.6) is 0 Å². The smallest absolute Gasteiger partial charge is 0.338 e. The van der Waals surface area contributed by atoms with Gasteiger partial charge in [-0.05, 0) is 32.4 Å². The molecule has 0 amide bonds. The molecule has 0 radical (unpaired) electrons. The molecule has 1 aromatic heterocycles. The maximum absolute atomic E-state index is 11.5. The molecule has 0 bridgehead atoms. The second-order valence-corrected chi connectivity index (χ2v) is 3.27. The van der Waals surface area contributed by atoms with E-state index < -0.39 is 0 Å². The molecule has 0 atom stereocenters. The third-order valence-corrected chi connectivity index (χ3v) is 1.75. The molecule has 1 rings (SSSR count). The predicted octanol–water partition coefficient (Wildman–Crippen LogP) is 2.27. The van der Waals surface area contributed by atoms with Crippen LogP contribution in [-0.2, 0) is 4.74 Å². The van der Waals surface area contributed by atoms with Crippen molar-refractivity contribution in [3.8, 4) is 0 Å². The Balaban J connectivity index is 2.79. The van der Waals surface area contributed by atoms with Gasteiger partial charge in [0.1, 0.15) is 0 Å². The molecule has 3 nitrogen and oxygen atoms in total. The highest BCUT2D eigenvalue weighted by atomic mass is 16.5. The largest absolute Gasteiger partial charge is 0.462 e. The molecule has 0 saturated carbocycles. The van der Waals surface area contributed by atoms with E-state index in [1.807, 2.05) is 20.8 Å². The fourth-order valence-electron chi connectivity index (χ4n) is 1.23. The lowest BCUT2D eigenvalue weighted by atomic mass is 10.2. The van der Waals surface area contributed by atoms with Gasteiger partial charge in [0.05, 0.1) is 12.2 Å². The van der Waals surface area contributed by atoms with Crippen molar-refractivity contribution in [2.75, 3.05) is 6.61 Å². The summed E-state index contributed by atoms with van der Waals surface area (Å²) in [7, 11) is 0. The summed E-state index contributed by atoms with van der Waals surface area (Å²) in [5.74, 6) is -0.263. The third-order valence-electron chi connectivity index (χ3n) is 1.75. The fraction of sp³-hybridized carbons (Fsp3) is 0.455. The van der Waals surface area contributed by atoms with E-state index in [4.69, 9.17) is 4.74 Å². The molecule has 0 aliphatic carbocycles. The summed E-state index contributed by atoms with van der Waals surface area (Å²) in [6, 6.07) is 3.48. The zero-order valence-electron chi connectivity index (χ0n) is 8.83. The van der Waals surface area contributed by atoms with E-state index in [-0.39, 0.29) is 5.97 Å². The van der Waals surface area contributed by atoms with Crippen LogP contribution in [0, 0.1) is 13.8 Å². The van der Waals surface area contributed by atoms with E-state index in [1.54, 1.807) is 12.1 Å². The minimum Gasteiger partial charge on any atom is -0.462 e. The van der Waals surface area contributed by atoms with Crippen molar-refractivity contribution in [1.29, 1.82) is 0 Å². The minimum atomic E-state index is -0.263. The van der Waals surface area contributed by atoms with Crippen LogP contribution in [0.3, 0.4) is 0 Å². The van der Waals surface area contributed by atoms with Gasteiger partial charge in [0, 0.05) is 11.4 Å². The van der Waals surface area contributed by atoms with E-state index in [0.717, 1.165) is 17.8 Å². The Hall–Kier alpha value is -1.38. The maximum Gasteiger partial charge on any atom is 0.338 e. The SMILES string of the molecule is CCCOC(=O)c1cc(C)nc(C)c1. The second kappa shape index (κ2) is 4.74. The monoisotopic (exact) mass is 193 g/mol. The van der Waals surface area contributed by atoms with Gasteiger partial charge < -0.3 is 4.74 Å². The number of aryl methyl sites for hydroxylation is 2. The van der Waals surface area contributed by atoms with E-state index in [2.05, 4.69) is 4.98 Å². The topological polar surface area (TPSA) is 39.2 Å². The zero-order chi connectivity index (χ0) is 10.6. The average molecular weight is 193 g/mol. The van der Waals surface area contributed by atoms with Crippen LogP contribution in [0.1, 0.15) is 35.1 Å². The molecule has 0 fully saturated rings. The first kappa shape index (κ1) is 10.7. The van der Waals surface area contributed by atoms with Crippen LogP contribution in [0.2, 0.25) is 0 Å². The van der Waals surface area contributed by atoms with Crippen molar-refractivity contribution in [2.24, 2.45) is 0 Å². The average Bonchev–Trinajstić information content (AvgIpc) is 2.12. The Morgan fingerprint density at radius 2 is 1.93 bits per heavy atom. The summed E-state index contributed by atoms with van der Waals surface area (Å²) < 4.78 is 5.02. The number of aromatic nitrogens is 1. The molecule has 0 saturated heterocycles. The summed E-state index contributed by atoms with van der Waals surface area (Å²) >= 11 is 0. The minimum absolute atomic E-state index is 0.263. The molecule has 0 spiro atoms. The van der Waals surface area contributed by atoms with E-state index in [0.29, 0.717) is 12.2 Å². The summed E-state index contributed by atoms with van der Waals surface area (Å²) in [4.78, 5) is 15.6. The van der Waals surface area contributed by atoms with E-state index in [1.165, 1.54) is 0 Å². The van der Waals surface area contributed by atoms with Gasteiger partial charge >= 0.3 is 5.97 Å². The van der Waals surface area contributed by atoms with E-state index in [9.17, 15) is 4.79 Å². The van der Waals surface area contributed by atoms with Crippen LogP contribution in [0.4, 0.5) is 0 Å². The van der Waals surface area contributed by atoms with Crippen molar-refractivity contribution in [3.05, 3.63) is 29.1 Å². The molecule has 0 aliphatic rings. The molecular formula is C11H15NO2. The fourth-order valence-corrected chi connectivity index (χ4v) is 1.23. The van der Waals surface area contributed by atoms with Crippen LogP contribution in [-0.4, -0.2) is 17.6 Å². The van der Waals surface area contributed by atoms with Gasteiger partial charge in [-0.3, -0.25) is 4.98 Å². The second-order valence-electron chi connectivity index (χ2n) is 3.27. The highest BCUT2D eigenvalue weighted by Crippen LogP contribution is 2.06. The number of hydrogen-bond donors (Lipinski definition) is 0.